The minimum Gasteiger partial charge on any atom is -0.293 e. The molecule has 1 aromatic rings. The third-order valence-corrected chi connectivity index (χ3v) is 2.94. The number of rotatable bonds is 2. The zero-order chi connectivity index (χ0) is 11.6. The molecule has 0 bridgehead atoms. The molecule has 2 rings (SSSR count). The molecule has 4 heteroatoms. The van der Waals surface area contributed by atoms with Gasteiger partial charge >= 0.3 is 0 Å². The minimum atomic E-state index is -1.05. The molecule has 1 aliphatic heterocycles. The molecule has 0 aromatic carbocycles. The molecule has 0 saturated carbocycles. The summed E-state index contributed by atoms with van der Waals surface area (Å²) in [7, 11) is 0. The number of alkyl halides is 1. The van der Waals surface area contributed by atoms with E-state index >= 15 is 0 Å². The van der Waals surface area contributed by atoms with Gasteiger partial charge in [0, 0.05) is 18.4 Å². The van der Waals surface area contributed by atoms with Crippen molar-refractivity contribution in [2.45, 2.75) is 38.9 Å². The van der Waals surface area contributed by atoms with E-state index in [1.807, 2.05) is 13.0 Å². The fraction of sp³-hybridized carbons (Fsp3) is 0.667. The van der Waals surface area contributed by atoms with Crippen LogP contribution in [-0.4, -0.2) is 33.6 Å². The number of hydrogen-bond donors (Lipinski definition) is 0. The lowest BCUT2D eigenvalue weighted by Gasteiger charge is -2.34. The van der Waals surface area contributed by atoms with E-state index in [-0.39, 0.29) is 0 Å². The van der Waals surface area contributed by atoms with E-state index in [0.717, 1.165) is 24.5 Å². The van der Waals surface area contributed by atoms with Gasteiger partial charge in [-0.3, -0.25) is 4.90 Å². The van der Waals surface area contributed by atoms with Gasteiger partial charge in [0.1, 0.15) is 11.5 Å². The van der Waals surface area contributed by atoms with E-state index < -0.39 is 5.67 Å². The number of likely N-dealkylation sites (tertiary alicyclic amines) is 1. The Morgan fingerprint density at radius 1 is 1.56 bits per heavy atom. The van der Waals surface area contributed by atoms with Crippen LogP contribution >= 0.6 is 0 Å². The molecule has 1 aliphatic rings. The van der Waals surface area contributed by atoms with Crippen molar-refractivity contribution in [3.63, 3.8) is 0 Å². The third kappa shape index (κ3) is 2.98. The Morgan fingerprint density at radius 3 is 3.06 bits per heavy atom. The summed E-state index contributed by atoms with van der Waals surface area (Å²) in [5, 5.41) is 0. The van der Waals surface area contributed by atoms with E-state index in [2.05, 4.69) is 14.9 Å². The average Bonchev–Trinajstić information content (AvgIpc) is 2.15. The molecule has 1 fully saturated rings. The van der Waals surface area contributed by atoms with Crippen molar-refractivity contribution in [1.29, 1.82) is 0 Å². The van der Waals surface area contributed by atoms with E-state index in [9.17, 15) is 4.39 Å². The van der Waals surface area contributed by atoms with Crippen LogP contribution in [0, 0.1) is 6.92 Å². The zero-order valence-electron chi connectivity index (χ0n) is 9.91. The first kappa shape index (κ1) is 11.5. The standard InChI is InChI=1S/C12H18FN3/c1-10-4-6-14-11(15-10)8-16-7-3-5-12(2,13)9-16/h4,6H,3,5,7-9H2,1-2H3/t12-/m1/s1. The van der Waals surface area contributed by atoms with Gasteiger partial charge in [-0.05, 0) is 39.3 Å². The minimum absolute atomic E-state index is 0.490. The molecule has 16 heavy (non-hydrogen) atoms. The summed E-state index contributed by atoms with van der Waals surface area (Å²) >= 11 is 0. The van der Waals surface area contributed by atoms with Gasteiger partial charge in [-0.25, -0.2) is 14.4 Å². The van der Waals surface area contributed by atoms with E-state index in [1.54, 1.807) is 13.1 Å². The highest BCUT2D eigenvalue weighted by atomic mass is 19.1. The molecule has 0 aliphatic carbocycles. The summed E-state index contributed by atoms with van der Waals surface area (Å²) in [4.78, 5) is 10.6. The Bertz CT molecular complexity index is 365. The second-order valence-electron chi connectivity index (χ2n) is 4.84. The van der Waals surface area contributed by atoms with Gasteiger partial charge in [-0.15, -0.1) is 0 Å². The highest BCUT2D eigenvalue weighted by Crippen LogP contribution is 2.24. The van der Waals surface area contributed by atoms with Gasteiger partial charge in [0.05, 0.1) is 6.54 Å². The van der Waals surface area contributed by atoms with Crippen molar-refractivity contribution >= 4 is 0 Å². The molecule has 1 saturated heterocycles. The number of halogens is 1. The molecule has 0 N–H and O–H groups in total. The van der Waals surface area contributed by atoms with Crippen LogP contribution in [0.15, 0.2) is 12.3 Å². The van der Waals surface area contributed by atoms with Gasteiger partial charge in [0.25, 0.3) is 0 Å². The van der Waals surface area contributed by atoms with Gasteiger partial charge in [0.15, 0.2) is 0 Å². The summed E-state index contributed by atoms with van der Waals surface area (Å²) in [6, 6.07) is 1.87. The van der Waals surface area contributed by atoms with Gasteiger partial charge in [-0.1, -0.05) is 0 Å². The molecule has 3 nitrogen and oxygen atoms in total. The van der Waals surface area contributed by atoms with Crippen LogP contribution in [0.3, 0.4) is 0 Å². The molecule has 88 valence electrons. The summed E-state index contributed by atoms with van der Waals surface area (Å²) in [5.41, 5.74) is -0.0905. The number of aromatic nitrogens is 2. The summed E-state index contributed by atoms with van der Waals surface area (Å²) < 4.78 is 13.8. The number of piperidine rings is 1. The number of nitrogens with zero attached hydrogens (tertiary/aromatic N) is 3. The van der Waals surface area contributed by atoms with Crippen LogP contribution in [0.5, 0.6) is 0 Å². The SMILES string of the molecule is Cc1ccnc(CN2CCC[C@@](C)(F)C2)n1. The summed E-state index contributed by atoms with van der Waals surface area (Å²) in [6.07, 6.45) is 3.34. The van der Waals surface area contributed by atoms with Gasteiger partial charge < -0.3 is 0 Å². The molecule has 2 heterocycles. The molecule has 0 unspecified atom stereocenters. The lowest BCUT2D eigenvalue weighted by molar-refractivity contribution is 0.0549. The highest BCUT2D eigenvalue weighted by molar-refractivity contribution is 5.00. The predicted octanol–water partition coefficient (Wildman–Crippen LogP) is 2.11. The first-order valence-corrected chi connectivity index (χ1v) is 5.75. The van der Waals surface area contributed by atoms with Gasteiger partial charge in [0.2, 0.25) is 0 Å². The molecular formula is C12H18FN3. The predicted molar refractivity (Wildman–Crippen MR) is 60.8 cm³/mol. The fourth-order valence-corrected chi connectivity index (χ4v) is 2.21. The summed E-state index contributed by atoms with van der Waals surface area (Å²) in [5.74, 6) is 0.790. The van der Waals surface area contributed by atoms with E-state index in [0.29, 0.717) is 19.5 Å². The van der Waals surface area contributed by atoms with E-state index in [4.69, 9.17) is 0 Å². The lowest BCUT2D eigenvalue weighted by Crippen LogP contribution is -2.43. The Labute approximate surface area is 95.7 Å². The highest BCUT2D eigenvalue weighted by Gasteiger charge is 2.30. The van der Waals surface area contributed by atoms with Crippen LogP contribution in [0.1, 0.15) is 31.3 Å². The maximum atomic E-state index is 13.8. The monoisotopic (exact) mass is 223 g/mol. The zero-order valence-corrected chi connectivity index (χ0v) is 9.91. The quantitative estimate of drug-likeness (QED) is 0.769. The molecule has 1 atom stereocenters. The van der Waals surface area contributed by atoms with Crippen molar-refractivity contribution in [3.05, 3.63) is 23.8 Å². The van der Waals surface area contributed by atoms with Crippen molar-refractivity contribution in [2.24, 2.45) is 0 Å². The Kier molecular flexibility index (Phi) is 3.19. The van der Waals surface area contributed by atoms with Crippen LogP contribution in [0.2, 0.25) is 0 Å². The first-order valence-electron chi connectivity index (χ1n) is 5.75. The first-order chi connectivity index (χ1) is 7.55. The molecule has 0 spiro atoms. The fourth-order valence-electron chi connectivity index (χ4n) is 2.21. The largest absolute Gasteiger partial charge is 0.293 e. The van der Waals surface area contributed by atoms with Crippen molar-refractivity contribution < 1.29 is 4.39 Å². The molecular weight excluding hydrogens is 205 g/mol. The normalized spacial score (nSPS) is 26.9. The average molecular weight is 223 g/mol. The Hall–Kier alpha value is -1.03. The van der Waals surface area contributed by atoms with Gasteiger partial charge in [-0.2, -0.15) is 0 Å². The smallest absolute Gasteiger partial charge is 0.142 e. The topological polar surface area (TPSA) is 29.0 Å². The molecule has 0 amide bonds. The summed E-state index contributed by atoms with van der Waals surface area (Å²) in [6.45, 7) is 5.71. The second kappa shape index (κ2) is 4.45. The number of aryl methyl sites for hydroxylation is 1. The second-order valence-corrected chi connectivity index (χ2v) is 4.84. The molecule has 0 radical (unpaired) electrons. The lowest BCUT2D eigenvalue weighted by atomic mass is 9.97. The van der Waals surface area contributed by atoms with E-state index in [1.165, 1.54) is 0 Å². The molecule has 1 aromatic heterocycles. The van der Waals surface area contributed by atoms with Crippen LogP contribution in [0.4, 0.5) is 4.39 Å². The maximum Gasteiger partial charge on any atom is 0.142 e. The Balaban J connectivity index is 1.99. The van der Waals surface area contributed by atoms with Crippen LogP contribution in [-0.2, 0) is 6.54 Å². The maximum absolute atomic E-state index is 13.8. The van der Waals surface area contributed by atoms with Crippen molar-refractivity contribution in [3.8, 4) is 0 Å². The van der Waals surface area contributed by atoms with Crippen molar-refractivity contribution in [2.75, 3.05) is 13.1 Å². The third-order valence-electron chi connectivity index (χ3n) is 2.94. The number of hydrogen-bond acceptors (Lipinski definition) is 3. The Morgan fingerprint density at radius 2 is 2.38 bits per heavy atom. The van der Waals surface area contributed by atoms with Crippen LogP contribution < -0.4 is 0 Å². The van der Waals surface area contributed by atoms with Crippen LogP contribution in [0.25, 0.3) is 0 Å². The van der Waals surface area contributed by atoms with Crippen molar-refractivity contribution in [1.82, 2.24) is 14.9 Å².